The Morgan fingerprint density at radius 3 is 2.29 bits per heavy atom. The van der Waals surface area contributed by atoms with Crippen LogP contribution in [0.5, 0.6) is 0 Å². The number of nitrogens with zero attached hydrogens (tertiary/aromatic N) is 1. The molecule has 0 radical (unpaired) electrons. The molecule has 5 heteroatoms. The molecule has 0 bridgehead atoms. The van der Waals surface area contributed by atoms with Crippen molar-refractivity contribution in [2.45, 2.75) is 52.5 Å². The fraction of sp³-hybridized carbons (Fsp3) is 0.750. The molecule has 0 amide bonds. The Kier molecular flexibility index (Phi) is 4.86. The first-order valence-electron chi connectivity index (χ1n) is 7.64. The van der Waals surface area contributed by atoms with Gasteiger partial charge in [0, 0.05) is 29.4 Å². The number of hydrogen-bond donors (Lipinski definition) is 0. The molecule has 3 nitrogen and oxygen atoms in total. The van der Waals surface area contributed by atoms with Gasteiger partial charge in [0.15, 0.2) is 9.84 Å². The van der Waals surface area contributed by atoms with Crippen LogP contribution in [0, 0.1) is 0 Å². The molecule has 1 aromatic heterocycles. The van der Waals surface area contributed by atoms with Gasteiger partial charge in [0.2, 0.25) is 0 Å². The van der Waals surface area contributed by atoms with Crippen LogP contribution in [0.4, 0.5) is 0 Å². The van der Waals surface area contributed by atoms with Gasteiger partial charge >= 0.3 is 0 Å². The molecule has 1 aliphatic heterocycles. The molecule has 0 N–H and O–H groups in total. The second-order valence-corrected chi connectivity index (χ2v) is 10.8. The zero-order valence-electron chi connectivity index (χ0n) is 13.8. The van der Waals surface area contributed by atoms with Crippen LogP contribution in [0.2, 0.25) is 0 Å². The largest absolute Gasteiger partial charge is 0.296 e. The van der Waals surface area contributed by atoms with Crippen LogP contribution in [0.25, 0.3) is 0 Å². The lowest BCUT2D eigenvalue weighted by molar-refractivity contribution is 0.289. The van der Waals surface area contributed by atoms with Crippen molar-refractivity contribution in [3.63, 3.8) is 0 Å². The van der Waals surface area contributed by atoms with Crippen molar-refractivity contribution in [3.8, 4) is 0 Å². The number of hydrogen-bond acceptors (Lipinski definition) is 4. The average molecular weight is 330 g/mol. The van der Waals surface area contributed by atoms with Gasteiger partial charge in [-0.2, -0.15) is 0 Å². The van der Waals surface area contributed by atoms with Crippen molar-refractivity contribution in [1.29, 1.82) is 0 Å². The highest BCUT2D eigenvalue weighted by Gasteiger charge is 2.25. The van der Waals surface area contributed by atoms with E-state index in [0.29, 0.717) is 30.5 Å². The summed E-state index contributed by atoms with van der Waals surface area (Å²) in [4.78, 5) is 5.12. The van der Waals surface area contributed by atoms with Crippen molar-refractivity contribution in [2.24, 2.45) is 0 Å². The third-order valence-corrected chi connectivity index (χ3v) is 7.18. The first-order valence-corrected chi connectivity index (χ1v) is 10.3. The molecule has 120 valence electrons. The predicted octanol–water partition coefficient (Wildman–Crippen LogP) is 3.40. The van der Waals surface area contributed by atoms with E-state index in [0.717, 1.165) is 6.54 Å². The van der Waals surface area contributed by atoms with Gasteiger partial charge in [-0.05, 0) is 23.0 Å². The summed E-state index contributed by atoms with van der Waals surface area (Å²) in [7, 11) is -2.79. The van der Waals surface area contributed by atoms with Gasteiger partial charge in [0.05, 0.1) is 11.5 Å². The molecule has 0 aliphatic carbocycles. The van der Waals surface area contributed by atoms with E-state index in [1.807, 2.05) is 11.3 Å². The first-order chi connectivity index (χ1) is 9.58. The monoisotopic (exact) mass is 329 g/mol. The van der Waals surface area contributed by atoms with Gasteiger partial charge in [-0.15, -0.1) is 11.3 Å². The molecule has 0 aromatic carbocycles. The van der Waals surface area contributed by atoms with E-state index in [1.54, 1.807) is 0 Å². The van der Waals surface area contributed by atoms with Gasteiger partial charge in [0.1, 0.15) is 0 Å². The van der Waals surface area contributed by atoms with Crippen LogP contribution >= 0.6 is 11.3 Å². The molecule has 1 saturated heterocycles. The maximum absolute atomic E-state index is 11.5. The minimum Gasteiger partial charge on any atom is -0.296 e. The Labute approximate surface area is 133 Å². The summed E-state index contributed by atoms with van der Waals surface area (Å²) in [5, 5.41) is 0. The van der Waals surface area contributed by atoms with Crippen molar-refractivity contribution in [2.75, 3.05) is 24.6 Å². The molecule has 0 saturated carbocycles. The first kappa shape index (κ1) is 17.0. The van der Waals surface area contributed by atoms with Gasteiger partial charge in [-0.3, -0.25) is 4.90 Å². The van der Waals surface area contributed by atoms with E-state index < -0.39 is 9.84 Å². The molecule has 0 unspecified atom stereocenters. The Bertz CT molecular complexity index is 580. The van der Waals surface area contributed by atoms with Gasteiger partial charge in [-0.25, -0.2) is 8.42 Å². The Morgan fingerprint density at radius 2 is 1.81 bits per heavy atom. The lowest BCUT2D eigenvalue weighted by Gasteiger charge is -2.26. The molecular formula is C16H27NO2S2. The van der Waals surface area contributed by atoms with Crippen LogP contribution in [0.1, 0.15) is 55.9 Å². The summed E-state index contributed by atoms with van der Waals surface area (Å²) in [6.07, 6.45) is 0. The van der Waals surface area contributed by atoms with E-state index in [-0.39, 0.29) is 5.41 Å². The number of rotatable bonds is 3. The highest BCUT2D eigenvalue weighted by molar-refractivity contribution is 7.91. The van der Waals surface area contributed by atoms with Gasteiger partial charge in [-0.1, -0.05) is 34.6 Å². The van der Waals surface area contributed by atoms with E-state index in [4.69, 9.17) is 0 Å². The molecule has 2 heterocycles. The summed E-state index contributed by atoms with van der Waals surface area (Å²) >= 11 is 1.90. The van der Waals surface area contributed by atoms with Crippen LogP contribution < -0.4 is 0 Å². The maximum atomic E-state index is 11.5. The van der Waals surface area contributed by atoms with E-state index >= 15 is 0 Å². The molecular weight excluding hydrogens is 302 g/mol. The van der Waals surface area contributed by atoms with E-state index in [2.05, 4.69) is 45.6 Å². The molecule has 0 atom stereocenters. The van der Waals surface area contributed by atoms with Crippen molar-refractivity contribution >= 4 is 21.2 Å². The molecule has 21 heavy (non-hydrogen) atoms. The minimum absolute atomic E-state index is 0.178. The second-order valence-electron chi connectivity index (χ2n) is 7.32. The lowest BCUT2D eigenvalue weighted by Crippen LogP contribution is -2.39. The Morgan fingerprint density at radius 1 is 1.24 bits per heavy atom. The van der Waals surface area contributed by atoms with Crippen LogP contribution in [0.15, 0.2) is 6.07 Å². The van der Waals surface area contributed by atoms with Crippen LogP contribution in [0.3, 0.4) is 0 Å². The highest BCUT2D eigenvalue weighted by Crippen LogP contribution is 2.36. The minimum atomic E-state index is -2.79. The number of sulfone groups is 1. The zero-order valence-corrected chi connectivity index (χ0v) is 15.4. The Hall–Kier alpha value is -0.390. The van der Waals surface area contributed by atoms with Crippen LogP contribution in [-0.2, 0) is 21.8 Å². The fourth-order valence-electron chi connectivity index (χ4n) is 2.54. The highest BCUT2D eigenvalue weighted by atomic mass is 32.2. The average Bonchev–Trinajstić information content (AvgIpc) is 2.76. The summed E-state index contributed by atoms with van der Waals surface area (Å²) in [6, 6.07) is 2.35. The van der Waals surface area contributed by atoms with E-state index in [9.17, 15) is 8.42 Å². The summed E-state index contributed by atoms with van der Waals surface area (Å²) < 4.78 is 23.1. The molecule has 1 aliphatic rings. The summed E-state index contributed by atoms with van der Waals surface area (Å²) in [5.74, 6) is 1.13. The second kappa shape index (κ2) is 6.01. The predicted molar refractivity (Wildman–Crippen MR) is 91.0 cm³/mol. The smallest absolute Gasteiger partial charge is 0.152 e. The van der Waals surface area contributed by atoms with Crippen LogP contribution in [-0.4, -0.2) is 37.9 Å². The van der Waals surface area contributed by atoms with Gasteiger partial charge in [0.25, 0.3) is 0 Å². The SMILES string of the molecule is CC(C)c1cc(C(C)(C)C)sc1CN1CCS(=O)(=O)CC1. The van der Waals surface area contributed by atoms with Crippen molar-refractivity contribution in [1.82, 2.24) is 4.90 Å². The third-order valence-electron chi connectivity index (χ3n) is 4.01. The Balaban J connectivity index is 2.18. The molecule has 1 fully saturated rings. The van der Waals surface area contributed by atoms with Crippen molar-refractivity contribution < 1.29 is 8.42 Å². The normalized spacial score (nSPS) is 20.1. The molecule has 0 spiro atoms. The van der Waals surface area contributed by atoms with Crippen molar-refractivity contribution in [3.05, 3.63) is 21.4 Å². The zero-order chi connectivity index (χ0) is 15.8. The molecule has 1 aromatic rings. The summed E-state index contributed by atoms with van der Waals surface area (Å²) in [6.45, 7) is 13.5. The standard InChI is InChI=1S/C16H27NO2S2/c1-12(2)13-10-15(16(3,4)5)20-14(13)11-17-6-8-21(18,19)9-7-17/h10,12H,6-9,11H2,1-5H3. The topological polar surface area (TPSA) is 37.4 Å². The number of thiophene rings is 1. The maximum Gasteiger partial charge on any atom is 0.152 e. The van der Waals surface area contributed by atoms with E-state index in [1.165, 1.54) is 15.3 Å². The quantitative estimate of drug-likeness (QED) is 0.853. The third kappa shape index (κ3) is 4.30. The van der Waals surface area contributed by atoms with Gasteiger partial charge < -0.3 is 0 Å². The summed E-state index contributed by atoms with van der Waals surface area (Å²) in [5.41, 5.74) is 1.61. The molecule has 2 rings (SSSR count). The fourth-order valence-corrected chi connectivity index (χ4v) is 5.23. The lowest BCUT2D eigenvalue weighted by atomic mass is 9.92.